The Morgan fingerprint density at radius 2 is 2.20 bits per heavy atom. The molecule has 1 saturated heterocycles. The van der Waals surface area contributed by atoms with Crippen LogP contribution in [0.4, 0.5) is 0 Å². The van der Waals surface area contributed by atoms with Crippen molar-refractivity contribution in [1.29, 1.82) is 0 Å². The summed E-state index contributed by atoms with van der Waals surface area (Å²) in [5.41, 5.74) is 5.34. The molecule has 86 valence electrons. The summed E-state index contributed by atoms with van der Waals surface area (Å²) in [4.78, 5) is 12.2. The SMILES string of the molecule is CN(C)S(=O)(=O)NC(=S)N1CC(N)C1=O. The van der Waals surface area contributed by atoms with Gasteiger partial charge in [0, 0.05) is 14.1 Å². The Labute approximate surface area is 93.4 Å². The first-order valence-electron chi connectivity index (χ1n) is 4.07. The van der Waals surface area contributed by atoms with Gasteiger partial charge in [-0.25, -0.2) is 4.72 Å². The van der Waals surface area contributed by atoms with Crippen molar-refractivity contribution < 1.29 is 13.2 Å². The number of likely N-dealkylation sites (tertiary alicyclic amines) is 1. The van der Waals surface area contributed by atoms with Gasteiger partial charge in [0.05, 0.1) is 6.54 Å². The van der Waals surface area contributed by atoms with Crippen molar-refractivity contribution in [3.63, 3.8) is 0 Å². The molecule has 0 spiro atoms. The molecule has 0 aromatic carbocycles. The Balaban J connectivity index is 2.62. The van der Waals surface area contributed by atoms with Crippen LogP contribution in [0, 0.1) is 0 Å². The van der Waals surface area contributed by atoms with Gasteiger partial charge in [0.15, 0.2) is 5.11 Å². The number of hydrogen-bond acceptors (Lipinski definition) is 5. The maximum atomic E-state index is 11.3. The molecule has 0 saturated carbocycles. The Morgan fingerprint density at radius 3 is 2.53 bits per heavy atom. The van der Waals surface area contributed by atoms with Gasteiger partial charge in [-0.1, -0.05) is 0 Å². The summed E-state index contributed by atoms with van der Waals surface area (Å²) in [6.45, 7) is 0.244. The monoisotopic (exact) mass is 252 g/mol. The molecule has 0 aromatic heterocycles. The van der Waals surface area contributed by atoms with Gasteiger partial charge in [-0.05, 0) is 12.2 Å². The molecule has 0 aliphatic carbocycles. The number of thiocarbonyl (C=S) groups is 1. The Kier molecular flexibility index (Phi) is 3.28. The van der Waals surface area contributed by atoms with Gasteiger partial charge in [0.1, 0.15) is 6.04 Å². The number of hydrogen-bond donors (Lipinski definition) is 2. The number of carbonyl (C=O) groups excluding carboxylic acids is 1. The van der Waals surface area contributed by atoms with Crippen molar-refractivity contribution in [3.8, 4) is 0 Å². The first kappa shape index (κ1) is 12.3. The number of nitrogens with one attached hydrogen (secondary N) is 1. The fraction of sp³-hybridized carbons (Fsp3) is 0.667. The van der Waals surface area contributed by atoms with Crippen LogP contribution in [0.2, 0.25) is 0 Å². The van der Waals surface area contributed by atoms with Crippen LogP contribution in [0.3, 0.4) is 0 Å². The molecule has 1 rings (SSSR count). The van der Waals surface area contributed by atoms with E-state index >= 15 is 0 Å². The Hall–Kier alpha value is -0.770. The molecule has 0 bridgehead atoms. The number of nitrogens with two attached hydrogens (primary N) is 1. The fourth-order valence-electron chi connectivity index (χ4n) is 0.892. The summed E-state index contributed by atoms with van der Waals surface area (Å²) in [5, 5.41) is -0.143. The second kappa shape index (κ2) is 4.00. The van der Waals surface area contributed by atoms with E-state index < -0.39 is 16.3 Å². The second-order valence-corrected chi connectivity index (χ2v) is 5.52. The molecule has 1 unspecified atom stereocenters. The van der Waals surface area contributed by atoms with Crippen molar-refractivity contribution in [1.82, 2.24) is 13.9 Å². The Bertz CT molecular complexity index is 391. The smallest absolute Gasteiger partial charge is 0.302 e. The van der Waals surface area contributed by atoms with Crippen molar-refractivity contribution in [3.05, 3.63) is 0 Å². The van der Waals surface area contributed by atoms with E-state index in [1.54, 1.807) is 0 Å². The summed E-state index contributed by atoms with van der Waals surface area (Å²) < 4.78 is 25.7. The van der Waals surface area contributed by atoms with Crippen LogP contribution in [-0.2, 0) is 15.0 Å². The van der Waals surface area contributed by atoms with E-state index in [0.29, 0.717) is 0 Å². The molecule has 1 fully saturated rings. The van der Waals surface area contributed by atoms with E-state index in [0.717, 1.165) is 9.21 Å². The molecule has 0 radical (unpaired) electrons. The third kappa shape index (κ3) is 2.43. The standard InChI is InChI=1S/C6H12N4O3S2/c1-9(2)15(12,13)8-6(14)10-3-4(7)5(10)11/h4H,3,7H2,1-2H3,(H,8,14). The second-order valence-electron chi connectivity index (χ2n) is 3.25. The third-order valence-corrected chi connectivity index (χ3v) is 3.77. The van der Waals surface area contributed by atoms with Crippen molar-refractivity contribution in [2.45, 2.75) is 6.04 Å². The van der Waals surface area contributed by atoms with Crippen molar-refractivity contribution in [2.75, 3.05) is 20.6 Å². The minimum absolute atomic E-state index is 0.143. The third-order valence-electron chi connectivity index (χ3n) is 1.90. The van der Waals surface area contributed by atoms with E-state index in [4.69, 9.17) is 18.0 Å². The van der Waals surface area contributed by atoms with Gasteiger partial charge in [0.2, 0.25) is 5.91 Å². The molecule has 9 heteroatoms. The quantitative estimate of drug-likeness (QED) is 0.431. The molecule has 1 aliphatic rings. The molecule has 1 aliphatic heterocycles. The molecule has 7 nitrogen and oxygen atoms in total. The maximum Gasteiger partial charge on any atom is 0.302 e. The van der Waals surface area contributed by atoms with Crippen LogP contribution >= 0.6 is 12.2 Å². The number of amides is 1. The van der Waals surface area contributed by atoms with Crippen LogP contribution in [0.25, 0.3) is 0 Å². The molecule has 1 atom stereocenters. The first-order valence-corrected chi connectivity index (χ1v) is 5.91. The molecule has 0 aromatic rings. The normalized spacial score (nSPS) is 21.5. The predicted molar refractivity (Wildman–Crippen MR) is 58.0 cm³/mol. The van der Waals surface area contributed by atoms with Crippen LogP contribution in [0.5, 0.6) is 0 Å². The summed E-state index contributed by atoms with van der Waals surface area (Å²) in [6, 6.07) is -0.577. The van der Waals surface area contributed by atoms with Crippen LogP contribution < -0.4 is 10.5 Å². The average Bonchev–Trinajstić information content (AvgIpc) is 2.12. The van der Waals surface area contributed by atoms with Gasteiger partial charge in [-0.15, -0.1) is 0 Å². The molecular weight excluding hydrogens is 240 g/mol. The summed E-state index contributed by atoms with van der Waals surface area (Å²) in [6.07, 6.45) is 0. The van der Waals surface area contributed by atoms with E-state index in [1.165, 1.54) is 14.1 Å². The van der Waals surface area contributed by atoms with Crippen LogP contribution in [0.1, 0.15) is 0 Å². The lowest BCUT2D eigenvalue weighted by atomic mass is 10.1. The van der Waals surface area contributed by atoms with Gasteiger partial charge < -0.3 is 5.73 Å². The van der Waals surface area contributed by atoms with E-state index in [9.17, 15) is 13.2 Å². The first-order chi connectivity index (χ1) is 6.75. The highest BCUT2D eigenvalue weighted by Gasteiger charge is 2.37. The van der Waals surface area contributed by atoms with Gasteiger partial charge in [0.25, 0.3) is 0 Å². The highest BCUT2D eigenvalue weighted by atomic mass is 32.2. The van der Waals surface area contributed by atoms with Crippen molar-refractivity contribution >= 4 is 33.4 Å². The number of rotatable bonds is 2. The zero-order valence-electron chi connectivity index (χ0n) is 8.30. The van der Waals surface area contributed by atoms with Crippen LogP contribution in [-0.4, -0.2) is 55.3 Å². The molecular formula is C6H12N4O3S2. The van der Waals surface area contributed by atoms with Gasteiger partial charge in [-0.2, -0.15) is 12.7 Å². The highest BCUT2D eigenvalue weighted by molar-refractivity contribution is 7.89. The molecule has 1 heterocycles. The predicted octanol–water partition coefficient (Wildman–Crippen LogP) is -2.16. The van der Waals surface area contributed by atoms with Crippen LogP contribution in [0.15, 0.2) is 0 Å². The number of carbonyl (C=O) groups is 1. The molecule has 15 heavy (non-hydrogen) atoms. The van der Waals surface area contributed by atoms with E-state index in [1.807, 2.05) is 0 Å². The van der Waals surface area contributed by atoms with Crippen molar-refractivity contribution in [2.24, 2.45) is 5.73 Å². The average molecular weight is 252 g/mol. The minimum atomic E-state index is -3.65. The summed E-state index contributed by atoms with van der Waals surface area (Å²) >= 11 is 4.76. The molecule has 3 N–H and O–H groups in total. The zero-order chi connectivity index (χ0) is 11.8. The molecule has 1 amide bonds. The number of nitrogens with zero attached hydrogens (tertiary/aromatic N) is 2. The lowest BCUT2D eigenvalue weighted by molar-refractivity contribution is -0.136. The highest BCUT2D eigenvalue weighted by Crippen LogP contribution is 2.08. The maximum absolute atomic E-state index is 11.3. The zero-order valence-corrected chi connectivity index (χ0v) is 9.93. The largest absolute Gasteiger partial charge is 0.318 e. The number of β-lactam (4-membered cyclic amide) rings is 1. The van der Waals surface area contributed by atoms with Gasteiger partial charge >= 0.3 is 10.2 Å². The minimum Gasteiger partial charge on any atom is -0.318 e. The van der Waals surface area contributed by atoms with E-state index in [-0.39, 0.29) is 17.6 Å². The topological polar surface area (TPSA) is 95.7 Å². The van der Waals surface area contributed by atoms with E-state index in [2.05, 4.69) is 4.72 Å². The lowest BCUT2D eigenvalue weighted by Gasteiger charge is -2.36. The Morgan fingerprint density at radius 1 is 1.67 bits per heavy atom. The summed E-state index contributed by atoms with van der Waals surface area (Å²) in [5.74, 6) is -0.374. The fourth-order valence-corrected chi connectivity index (χ4v) is 1.89. The van der Waals surface area contributed by atoms with Gasteiger partial charge in [-0.3, -0.25) is 9.69 Å². The lowest BCUT2D eigenvalue weighted by Crippen LogP contribution is -2.65. The summed E-state index contributed by atoms with van der Waals surface area (Å²) in [7, 11) is -0.941.